The SMILES string of the molecule is Cc1cc2nc(OC(C)C)c(C(=O)Nc3ccc4c(c3)OCO4)nc2cc1C. The Hall–Kier alpha value is -3.35. The predicted octanol–water partition coefficient (Wildman–Crippen LogP) is 4.01. The molecule has 0 spiro atoms. The highest BCUT2D eigenvalue weighted by Gasteiger charge is 2.21. The van der Waals surface area contributed by atoms with Crippen LogP contribution in [-0.4, -0.2) is 28.8 Å². The van der Waals surface area contributed by atoms with Gasteiger partial charge in [-0.1, -0.05) is 0 Å². The van der Waals surface area contributed by atoms with Gasteiger partial charge >= 0.3 is 0 Å². The van der Waals surface area contributed by atoms with Gasteiger partial charge in [0.1, 0.15) is 0 Å². The van der Waals surface area contributed by atoms with Gasteiger partial charge in [-0.2, -0.15) is 0 Å². The molecule has 4 rings (SSSR count). The molecule has 2 heterocycles. The molecule has 0 saturated heterocycles. The quantitative estimate of drug-likeness (QED) is 0.737. The lowest BCUT2D eigenvalue weighted by Gasteiger charge is -2.14. The average Bonchev–Trinajstić information content (AvgIpc) is 3.10. The van der Waals surface area contributed by atoms with Crippen LogP contribution in [0.1, 0.15) is 35.5 Å². The van der Waals surface area contributed by atoms with Crippen LogP contribution < -0.4 is 19.5 Å². The van der Waals surface area contributed by atoms with E-state index < -0.39 is 5.91 Å². The van der Waals surface area contributed by atoms with Gasteiger partial charge in [-0.05, 0) is 63.1 Å². The number of anilines is 1. The number of fused-ring (bicyclic) bond motifs is 2. The lowest BCUT2D eigenvalue weighted by molar-refractivity contribution is 0.101. The second-order valence-electron chi connectivity index (χ2n) is 6.99. The van der Waals surface area contributed by atoms with Gasteiger partial charge in [0.2, 0.25) is 12.7 Å². The minimum Gasteiger partial charge on any atom is -0.473 e. The first-order valence-electron chi connectivity index (χ1n) is 9.07. The van der Waals surface area contributed by atoms with Crippen molar-refractivity contribution in [1.29, 1.82) is 0 Å². The topological polar surface area (TPSA) is 82.6 Å². The van der Waals surface area contributed by atoms with E-state index in [0.29, 0.717) is 28.2 Å². The number of nitrogens with zero attached hydrogens (tertiary/aromatic N) is 2. The van der Waals surface area contributed by atoms with Gasteiger partial charge in [0.25, 0.3) is 5.91 Å². The summed E-state index contributed by atoms with van der Waals surface area (Å²) in [6.07, 6.45) is -0.143. The lowest BCUT2D eigenvalue weighted by Crippen LogP contribution is -2.18. The highest BCUT2D eigenvalue weighted by Crippen LogP contribution is 2.34. The van der Waals surface area contributed by atoms with E-state index in [1.165, 1.54) is 0 Å². The average molecular weight is 379 g/mol. The Kier molecular flexibility index (Phi) is 4.50. The van der Waals surface area contributed by atoms with Crippen molar-refractivity contribution >= 4 is 22.6 Å². The highest BCUT2D eigenvalue weighted by atomic mass is 16.7. The number of aromatic nitrogens is 2. The van der Waals surface area contributed by atoms with E-state index in [1.54, 1.807) is 18.2 Å². The number of benzene rings is 2. The van der Waals surface area contributed by atoms with Crippen molar-refractivity contribution in [2.24, 2.45) is 0 Å². The third-order valence-electron chi connectivity index (χ3n) is 4.44. The number of carbonyl (C=O) groups is 1. The van der Waals surface area contributed by atoms with Crippen molar-refractivity contribution in [3.63, 3.8) is 0 Å². The number of ether oxygens (including phenoxy) is 3. The fourth-order valence-electron chi connectivity index (χ4n) is 2.91. The van der Waals surface area contributed by atoms with Gasteiger partial charge in [-0.15, -0.1) is 0 Å². The first-order chi connectivity index (χ1) is 13.4. The van der Waals surface area contributed by atoms with Gasteiger partial charge in [0.05, 0.1) is 17.1 Å². The van der Waals surface area contributed by atoms with Crippen LogP contribution in [-0.2, 0) is 0 Å². The molecule has 1 aliphatic heterocycles. The molecule has 1 amide bonds. The van der Waals surface area contributed by atoms with Crippen molar-refractivity contribution < 1.29 is 19.0 Å². The molecule has 0 fully saturated rings. The van der Waals surface area contributed by atoms with E-state index in [9.17, 15) is 4.79 Å². The Balaban J connectivity index is 1.72. The number of aryl methyl sites for hydroxylation is 2. The minimum absolute atomic E-state index is 0.141. The normalized spacial score (nSPS) is 12.5. The number of rotatable bonds is 4. The molecular weight excluding hydrogens is 358 g/mol. The number of hydrogen-bond donors (Lipinski definition) is 1. The highest BCUT2D eigenvalue weighted by molar-refractivity contribution is 6.05. The summed E-state index contributed by atoms with van der Waals surface area (Å²) in [5.41, 5.74) is 4.25. The maximum atomic E-state index is 12.9. The zero-order valence-electron chi connectivity index (χ0n) is 16.2. The molecule has 1 aliphatic rings. The first-order valence-corrected chi connectivity index (χ1v) is 9.07. The Morgan fingerprint density at radius 2 is 1.71 bits per heavy atom. The van der Waals surface area contributed by atoms with E-state index >= 15 is 0 Å². The Morgan fingerprint density at radius 1 is 1.04 bits per heavy atom. The van der Waals surface area contributed by atoms with Gasteiger partial charge in [-0.25, -0.2) is 9.97 Å². The Labute approximate surface area is 162 Å². The van der Waals surface area contributed by atoms with Crippen molar-refractivity contribution in [3.8, 4) is 17.4 Å². The molecule has 1 N–H and O–H groups in total. The largest absolute Gasteiger partial charge is 0.473 e. The van der Waals surface area contributed by atoms with E-state index in [1.807, 2.05) is 39.8 Å². The molecule has 1 aromatic heterocycles. The molecule has 7 nitrogen and oxygen atoms in total. The number of amides is 1. The molecule has 0 atom stereocenters. The van der Waals surface area contributed by atoms with Crippen LogP contribution in [0.2, 0.25) is 0 Å². The summed E-state index contributed by atoms with van der Waals surface area (Å²) in [5.74, 6) is 1.05. The summed E-state index contributed by atoms with van der Waals surface area (Å²) in [5, 5.41) is 2.84. The van der Waals surface area contributed by atoms with Crippen LogP contribution in [0, 0.1) is 13.8 Å². The molecular formula is C21H21N3O4. The Bertz CT molecular complexity index is 1080. The predicted molar refractivity (Wildman–Crippen MR) is 105 cm³/mol. The van der Waals surface area contributed by atoms with Crippen LogP contribution in [0.4, 0.5) is 5.69 Å². The number of nitrogens with one attached hydrogen (secondary N) is 1. The third kappa shape index (κ3) is 3.43. The van der Waals surface area contributed by atoms with Crippen LogP contribution in [0.25, 0.3) is 11.0 Å². The molecule has 2 aromatic carbocycles. The monoisotopic (exact) mass is 379 g/mol. The number of carbonyl (C=O) groups excluding carboxylic acids is 1. The van der Waals surface area contributed by atoms with E-state index in [-0.39, 0.29) is 24.5 Å². The Morgan fingerprint density at radius 3 is 2.43 bits per heavy atom. The molecule has 0 radical (unpaired) electrons. The van der Waals surface area contributed by atoms with Crippen LogP contribution in [0.3, 0.4) is 0 Å². The molecule has 144 valence electrons. The molecule has 7 heteroatoms. The molecule has 0 aliphatic carbocycles. The van der Waals surface area contributed by atoms with E-state index in [0.717, 1.165) is 11.1 Å². The molecule has 0 bridgehead atoms. The van der Waals surface area contributed by atoms with Gasteiger partial charge < -0.3 is 19.5 Å². The molecule has 0 saturated carbocycles. The summed E-state index contributed by atoms with van der Waals surface area (Å²) in [6.45, 7) is 7.95. The first kappa shape index (κ1) is 18.0. The van der Waals surface area contributed by atoms with Gasteiger partial charge in [0.15, 0.2) is 17.2 Å². The van der Waals surface area contributed by atoms with Crippen molar-refractivity contribution in [3.05, 3.63) is 47.2 Å². The van der Waals surface area contributed by atoms with E-state index in [2.05, 4.69) is 15.3 Å². The van der Waals surface area contributed by atoms with Crippen LogP contribution in [0.5, 0.6) is 17.4 Å². The fraction of sp³-hybridized carbons (Fsp3) is 0.286. The zero-order valence-corrected chi connectivity index (χ0v) is 16.2. The second-order valence-corrected chi connectivity index (χ2v) is 6.99. The molecule has 28 heavy (non-hydrogen) atoms. The maximum absolute atomic E-state index is 12.9. The summed E-state index contributed by atoms with van der Waals surface area (Å²) in [7, 11) is 0. The fourth-order valence-corrected chi connectivity index (χ4v) is 2.91. The lowest BCUT2D eigenvalue weighted by atomic mass is 10.1. The van der Waals surface area contributed by atoms with Crippen molar-refractivity contribution in [1.82, 2.24) is 9.97 Å². The third-order valence-corrected chi connectivity index (χ3v) is 4.44. The van der Waals surface area contributed by atoms with Gasteiger partial charge in [0, 0.05) is 11.8 Å². The van der Waals surface area contributed by atoms with Crippen LogP contribution in [0.15, 0.2) is 30.3 Å². The minimum atomic E-state index is -0.401. The van der Waals surface area contributed by atoms with Crippen molar-refractivity contribution in [2.75, 3.05) is 12.1 Å². The summed E-state index contributed by atoms with van der Waals surface area (Å²) in [6, 6.07) is 9.09. The van der Waals surface area contributed by atoms with Crippen LogP contribution >= 0.6 is 0 Å². The smallest absolute Gasteiger partial charge is 0.279 e. The maximum Gasteiger partial charge on any atom is 0.279 e. The summed E-state index contributed by atoms with van der Waals surface area (Å²) in [4.78, 5) is 22.0. The summed E-state index contributed by atoms with van der Waals surface area (Å²) >= 11 is 0. The van der Waals surface area contributed by atoms with Gasteiger partial charge in [-0.3, -0.25) is 4.79 Å². The van der Waals surface area contributed by atoms with E-state index in [4.69, 9.17) is 14.2 Å². The molecule has 3 aromatic rings. The summed E-state index contributed by atoms with van der Waals surface area (Å²) < 4.78 is 16.4. The molecule has 0 unspecified atom stereocenters. The zero-order chi connectivity index (χ0) is 19.8. The number of hydrogen-bond acceptors (Lipinski definition) is 6. The standard InChI is InChI=1S/C21H21N3O4/c1-11(2)28-21-19(23-15-7-12(3)13(4)8-16(15)24-21)20(25)22-14-5-6-17-18(9-14)27-10-26-17/h5-9,11H,10H2,1-4H3,(H,22,25). The second kappa shape index (κ2) is 6.99. The van der Waals surface area contributed by atoms with Crippen molar-refractivity contribution in [2.45, 2.75) is 33.8 Å².